The van der Waals surface area contributed by atoms with Crippen molar-refractivity contribution in [1.82, 2.24) is 14.8 Å². The third kappa shape index (κ3) is 1.14. The molecule has 1 aromatic heterocycles. The van der Waals surface area contributed by atoms with Crippen LogP contribution >= 0.6 is 0 Å². The predicted octanol–water partition coefficient (Wildman–Crippen LogP) is -0.907. The van der Waals surface area contributed by atoms with Crippen molar-refractivity contribution in [2.75, 3.05) is 6.54 Å². The van der Waals surface area contributed by atoms with Crippen LogP contribution < -0.4 is 17.1 Å². The predicted molar refractivity (Wildman–Crippen MR) is 51.2 cm³/mol. The molecule has 2 rings (SSSR count). The van der Waals surface area contributed by atoms with Crippen LogP contribution in [0, 0.1) is 0 Å². The molecule has 1 saturated carbocycles. The van der Waals surface area contributed by atoms with Gasteiger partial charge in [0.2, 0.25) is 0 Å². The van der Waals surface area contributed by atoms with Crippen LogP contribution in [0.15, 0.2) is 9.59 Å². The molecule has 1 fully saturated rings. The maximum absolute atomic E-state index is 11.4. The van der Waals surface area contributed by atoms with Gasteiger partial charge in [-0.15, -0.1) is 0 Å². The minimum atomic E-state index is -0.454. The maximum atomic E-state index is 11.4. The van der Waals surface area contributed by atoms with Crippen molar-refractivity contribution in [3.05, 3.63) is 21.0 Å². The number of aromatic amines is 2. The van der Waals surface area contributed by atoms with E-state index in [1.165, 1.54) is 4.57 Å². The molecule has 6 nitrogen and oxygen atoms in total. The Morgan fingerprint density at radius 3 is 2.14 bits per heavy atom. The average Bonchev–Trinajstić information content (AvgIpc) is 2.75. The Labute approximate surface area is 80.1 Å². The smallest absolute Gasteiger partial charge is 0.328 e. The minimum absolute atomic E-state index is 0.341. The van der Waals surface area contributed by atoms with Crippen LogP contribution in [-0.4, -0.2) is 21.3 Å². The fraction of sp³-hybridized carbons (Fsp3) is 0.750. The summed E-state index contributed by atoms with van der Waals surface area (Å²) in [5.41, 5.74) is 4.44. The quantitative estimate of drug-likeness (QED) is 0.574. The highest BCUT2D eigenvalue weighted by Gasteiger charge is 2.37. The molecule has 1 aliphatic rings. The van der Waals surface area contributed by atoms with Crippen LogP contribution in [0.4, 0.5) is 0 Å². The van der Waals surface area contributed by atoms with E-state index in [0.717, 1.165) is 25.7 Å². The van der Waals surface area contributed by atoms with Gasteiger partial charge in [0.1, 0.15) is 0 Å². The summed E-state index contributed by atoms with van der Waals surface area (Å²) in [6.45, 7) is 0.341. The second-order valence-electron chi connectivity index (χ2n) is 3.83. The van der Waals surface area contributed by atoms with Crippen molar-refractivity contribution in [2.24, 2.45) is 5.73 Å². The molecule has 1 aromatic rings. The van der Waals surface area contributed by atoms with E-state index in [2.05, 4.69) is 10.2 Å². The number of hydrogen-bond acceptors (Lipinski definition) is 3. The fourth-order valence-electron chi connectivity index (χ4n) is 2.29. The molecule has 6 heteroatoms. The highest BCUT2D eigenvalue weighted by Crippen LogP contribution is 2.33. The lowest BCUT2D eigenvalue weighted by molar-refractivity contribution is 0.287. The Morgan fingerprint density at radius 1 is 1.21 bits per heavy atom. The first kappa shape index (κ1) is 9.26. The molecule has 0 aromatic carbocycles. The summed E-state index contributed by atoms with van der Waals surface area (Å²) in [4.78, 5) is 22.8. The largest absolute Gasteiger partial charge is 0.344 e. The molecular weight excluding hydrogens is 184 g/mol. The first-order valence-electron chi connectivity index (χ1n) is 4.80. The fourth-order valence-corrected chi connectivity index (χ4v) is 2.29. The van der Waals surface area contributed by atoms with Crippen LogP contribution in [0.1, 0.15) is 25.7 Å². The van der Waals surface area contributed by atoms with Gasteiger partial charge in [0.15, 0.2) is 0 Å². The van der Waals surface area contributed by atoms with Crippen LogP contribution in [0.5, 0.6) is 0 Å². The molecule has 14 heavy (non-hydrogen) atoms. The maximum Gasteiger partial charge on any atom is 0.344 e. The number of nitrogens with one attached hydrogen (secondary N) is 2. The van der Waals surface area contributed by atoms with Gasteiger partial charge < -0.3 is 5.73 Å². The van der Waals surface area contributed by atoms with Crippen molar-refractivity contribution in [2.45, 2.75) is 31.2 Å². The number of aromatic nitrogens is 3. The van der Waals surface area contributed by atoms with Crippen LogP contribution in [-0.2, 0) is 5.54 Å². The summed E-state index contributed by atoms with van der Waals surface area (Å²) >= 11 is 0. The molecule has 0 aliphatic heterocycles. The average molecular weight is 198 g/mol. The van der Waals surface area contributed by atoms with E-state index in [4.69, 9.17) is 5.73 Å². The lowest BCUT2D eigenvalue weighted by Gasteiger charge is -2.26. The third-order valence-electron chi connectivity index (χ3n) is 3.07. The van der Waals surface area contributed by atoms with E-state index in [1.807, 2.05) is 0 Å². The number of H-pyrrole nitrogens is 2. The minimum Gasteiger partial charge on any atom is -0.328 e. The van der Waals surface area contributed by atoms with Gasteiger partial charge in [0.05, 0.1) is 5.54 Å². The molecule has 0 atom stereocenters. The van der Waals surface area contributed by atoms with Gasteiger partial charge in [-0.25, -0.2) is 24.4 Å². The highest BCUT2D eigenvalue weighted by atomic mass is 16.2. The van der Waals surface area contributed by atoms with E-state index in [9.17, 15) is 9.59 Å². The van der Waals surface area contributed by atoms with Gasteiger partial charge in [-0.3, -0.25) is 0 Å². The van der Waals surface area contributed by atoms with Crippen molar-refractivity contribution >= 4 is 0 Å². The van der Waals surface area contributed by atoms with Crippen molar-refractivity contribution in [3.8, 4) is 0 Å². The van der Waals surface area contributed by atoms with E-state index >= 15 is 0 Å². The van der Waals surface area contributed by atoms with Crippen molar-refractivity contribution in [1.29, 1.82) is 0 Å². The van der Waals surface area contributed by atoms with Gasteiger partial charge >= 0.3 is 11.4 Å². The van der Waals surface area contributed by atoms with Gasteiger partial charge in [-0.05, 0) is 12.8 Å². The van der Waals surface area contributed by atoms with Crippen LogP contribution in [0.25, 0.3) is 0 Å². The Morgan fingerprint density at radius 2 is 1.71 bits per heavy atom. The van der Waals surface area contributed by atoms with E-state index in [1.54, 1.807) is 0 Å². The molecule has 0 bridgehead atoms. The van der Waals surface area contributed by atoms with Crippen molar-refractivity contribution < 1.29 is 0 Å². The van der Waals surface area contributed by atoms with Gasteiger partial charge in [-0.1, -0.05) is 12.8 Å². The molecule has 0 saturated heterocycles. The molecule has 78 valence electrons. The van der Waals surface area contributed by atoms with Gasteiger partial charge in [0.25, 0.3) is 0 Å². The van der Waals surface area contributed by atoms with E-state index in [-0.39, 0.29) is 11.4 Å². The zero-order valence-corrected chi connectivity index (χ0v) is 7.88. The van der Waals surface area contributed by atoms with Crippen LogP contribution in [0.2, 0.25) is 0 Å². The van der Waals surface area contributed by atoms with Gasteiger partial charge in [0, 0.05) is 6.54 Å². The lowest BCUT2D eigenvalue weighted by Crippen LogP contribution is -2.48. The van der Waals surface area contributed by atoms with Crippen LogP contribution in [0.3, 0.4) is 0 Å². The number of rotatable bonds is 2. The summed E-state index contributed by atoms with van der Waals surface area (Å²) < 4.78 is 1.24. The first-order valence-corrected chi connectivity index (χ1v) is 4.80. The Hall–Kier alpha value is -1.30. The standard InChI is InChI=1S/C8H14N4O2/c9-5-8(3-1-2-4-8)12-6(13)10-11-7(12)14/h1-5,9H2,(H,10,13)(H,11,14). The summed E-state index contributed by atoms with van der Waals surface area (Å²) in [6.07, 6.45) is 3.66. The zero-order chi connectivity index (χ0) is 10.2. The van der Waals surface area contributed by atoms with E-state index in [0.29, 0.717) is 6.54 Å². The van der Waals surface area contributed by atoms with E-state index < -0.39 is 5.54 Å². The Kier molecular flexibility index (Phi) is 2.07. The Balaban J connectivity index is 2.56. The summed E-state index contributed by atoms with van der Waals surface area (Å²) in [5, 5.41) is 4.57. The highest BCUT2D eigenvalue weighted by molar-refractivity contribution is 4.93. The molecule has 4 N–H and O–H groups in total. The normalized spacial score (nSPS) is 20.1. The molecule has 0 amide bonds. The first-order chi connectivity index (χ1) is 6.69. The molecule has 0 spiro atoms. The summed E-state index contributed by atoms with van der Waals surface area (Å²) in [5.74, 6) is 0. The van der Waals surface area contributed by atoms with Crippen molar-refractivity contribution in [3.63, 3.8) is 0 Å². The zero-order valence-electron chi connectivity index (χ0n) is 7.88. The molecule has 1 heterocycles. The third-order valence-corrected chi connectivity index (χ3v) is 3.07. The Bertz CT molecular complexity index is 394. The number of nitrogens with two attached hydrogens (primary N) is 1. The second kappa shape index (κ2) is 3.13. The second-order valence-corrected chi connectivity index (χ2v) is 3.83. The SMILES string of the molecule is NCC1(n2c(=O)[nH][nH]c2=O)CCCC1. The topological polar surface area (TPSA) is 96.7 Å². The lowest BCUT2D eigenvalue weighted by atomic mass is 9.98. The summed E-state index contributed by atoms with van der Waals surface area (Å²) in [7, 11) is 0. The number of hydrogen-bond donors (Lipinski definition) is 3. The molecule has 0 radical (unpaired) electrons. The summed E-state index contributed by atoms with van der Waals surface area (Å²) in [6, 6.07) is 0. The monoisotopic (exact) mass is 198 g/mol. The molecule has 0 unspecified atom stereocenters. The number of nitrogens with zero attached hydrogens (tertiary/aromatic N) is 1. The molecule has 1 aliphatic carbocycles. The molecular formula is C8H14N4O2. The van der Waals surface area contributed by atoms with Gasteiger partial charge in [-0.2, -0.15) is 0 Å².